The Hall–Kier alpha value is -4.36. The molecule has 2 aromatic carbocycles. The third-order valence-corrected chi connectivity index (χ3v) is 8.48. The maximum atomic E-state index is 15.7. The quantitative estimate of drug-likeness (QED) is 0.210. The van der Waals surface area contributed by atoms with E-state index in [0.29, 0.717) is 78.1 Å². The van der Waals surface area contributed by atoms with Gasteiger partial charge in [0.25, 0.3) is 5.56 Å². The van der Waals surface area contributed by atoms with E-state index < -0.39 is 17.4 Å². The summed E-state index contributed by atoms with van der Waals surface area (Å²) in [5, 5.41) is 14.2. The van der Waals surface area contributed by atoms with Gasteiger partial charge in [-0.1, -0.05) is 43.7 Å². The fraction of sp³-hybridized carbons (Fsp3) is 0.441. The summed E-state index contributed by atoms with van der Waals surface area (Å²) in [7, 11) is 0. The maximum absolute atomic E-state index is 15.7. The van der Waals surface area contributed by atoms with E-state index in [-0.39, 0.29) is 24.6 Å². The summed E-state index contributed by atoms with van der Waals surface area (Å²) < 4.78 is 30.1. The molecule has 5 rings (SSSR count). The van der Waals surface area contributed by atoms with Crippen molar-refractivity contribution in [3.05, 3.63) is 86.8 Å². The van der Waals surface area contributed by atoms with Crippen LogP contribution in [-0.4, -0.2) is 43.9 Å². The molecule has 1 fully saturated rings. The molecule has 44 heavy (non-hydrogen) atoms. The Morgan fingerprint density at radius 2 is 1.93 bits per heavy atom. The van der Waals surface area contributed by atoms with Crippen molar-refractivity contribution in [2.24, 2.45) is 0 Å². The number of hydrogen-bond acceptors (Lipinski definition) is 7. The monoisotopic (exact) mass is 599 g/mol. The summed E-state index contributed by atoms with van der Waals surface area (Å²) in [4.78, 5) is 30.9. The molecule has 10 heteroatoms. The minimum atomic E-state index is -0.507. The Morgan fingerprint density at radius 1 is 1.18 bits per heavy atom. The number of aryl methyl sites for hydroxylation is 2. The number of nitrogens with zero attached hydrogens (tertiary/aromatic N) is 5. The van der Waals surface area contributed by atoms with E-state index in [0.717, 1.165) is 12.1 Å². The average Bonchev–Trinajstić information content (AvgIpc) is 3.40. The smallest absolute Gasteiger partial charge is 0.332 e. The second-order valence-electron chi connectivity index (χ2n) is 11.6. The van der Waals surface area contributed by atoms with Crippen LogP contribution in [0.4, 0.5) is 4.39 Å². The summed E-state index contributed by atoms with van der Waals surface area (Å²) in [6.07, 6.45) is 4.05. The third-order valence-electron chi connectivity index (χ3n) is 8.48. The van der Waals surface area contributed by atoms with Crippen LogP contribution in [0.5, 0.6) is 0 Å². The van der Waals surface area contributed by atoms with Gasteiger partial charge in [-0.2, -0.15) is 15.3 Å². The van der Waals surface area contributed by atoms with Gasteiger partial charge in [-0.15, -0.1) is 0 Å². The first-order chi connectivity index (χ1) is 21.2. The molecule has 0 saturated heterocycles. The molecule has 9 nitrogen and oxygen atoms in total. The summed E-state index contributed by atoms with van der Waals surface area (Å²) in [6.45, 7) is 7.78. The molecule has 0 unspecified atom stereocenters. The predicted octanol–water partition coefficient (Wildman–Crippen LogP) is 5.87. The number of hydrogen-bond donors (Lipinski definition) is 0. The first-order valence-electron chi connectivity index (χ1n) is 15.2. The second kappa shape index (κ2) is 13.1. The van der Waals surface area contributed by atoms with E-state index >= 15 is 4.39 Å². The summed E-state index contributed by atoms with van der Waals surface area (Å²) in [6, 6.07) is 14.0. The summed E-state index contributed by atoms with van der Waals surface area (Å²) in [5.41, 5.74) is 2.66. The molecule has 1 saturated carbocycles. The van der Waals surface area contributed by atoms with E-state index in [1.165, 1.54) is 6.07 Å². The van der Waals surface area contributed by atoms with Crippen LogP contribution in [0.2, 0.25) is 0 Å². The Morgan fingerprint density at radius 3 is 2.61 bits per heavy atom. The topological polar surface area (TPSA) is 112 Å². The largest absolute Gasteiger partial charge is 0.464 e. The minimum absolute atomic E-state index is 0.0993. The van der Waals surface area contributed by atoms with Crippen LogP contribution in [-0.2, 0) is 27.1 Å². The number of carbonyl (C=O) groups is 1. The average molecular weight is 600 g/mol. The van der Waals surface area contributed by atoms with E-state index in [1.807, 2.05) is 19.9 Å². The van der Waals surface area contributed by atoms with Gasteiger partial charge in [-0.3, -0.25) is 9.36 Å². The van der Waals surface area contributed by atoms with Crippen molar-refractivity contribution >= 4 is 11.7 Å². The van der Waals surface area contributed by atoms with Crippen molar-refractivity contribution in [3.63, 3.8) is 0 Å². The van der Waals surface area contributed by atoms with Crippen LogP contribution in [0.15, 0.2) is 47.3 Å². The summed E-state index contributed by atoms with van der Waals surface area (Å²) >= 11 is 0. The van der Waals surface area contributed by atoms with Gasteiger partial charge in [0, 0.05) is 18.0 Å². The number of esters is 1. The van der Waals surface area contributed by atoms with Gasteiger partial charge in [0.1, 0.15) is 18.2 Å². The molecule has 0 aliphatic heterocycles. The zero-order valence-electron chi connectivity index (χ0n) is 25.7. The Bertz CT molecular complexity index is 1780. The molecular weight excluding hydrogens is 561 g/mol. The number of ether oxygens (including phenoxy) is 2. The zero-order chi connectivity index (χ0) is 31.4. The number of carbonyl (C=O) groups excluding carboxylic acids is 1. The first kappa shape index (κ1) is 31.1. The van der Waals surface area contributed by atoms with E-state index in [9.17, 15) is 14.9 Å². The van der Waals surface area contributed by atoms with E-state index in [4.69, 9.17) is 9.47 Å². The van der Waals surface area contributed by atoms with Crippen LogP contribution in [0.1, 0.15) is 87.1 Å². The number of benzene rings is 2. The third kappa shape index (κ3) is 6.29. The minimum Gasteiger partial charge on any atom is -0.464 e. The molecule has 0 radical (unpaired) electrons. The van der Waals surface area contributed by atoms with Gasteiger partial charge in [0.05, 0.1) is 29.5 Å². The van der Waals surface area contributed by atoms with Crippen LogP contribution in [0, 0.1) is 24.1 Å². The van der Waals surface area contributed by atoms with Gasteiger partial charge < -0.3 is 9.47 Å². The van der Waals surface area contributed by atoms with Gasteiger partial charge >= 0.3 is 5.97 Å². The Balaban J connectivity index is 1.50. The van der Waals surface area contributed by atoms with E-state index in [1.54, 1.807) is 53.3 Å². The van der Waals surface area contributed by atoms with Gasteiger partial charge in [-0.25, -0.2) is 13.7 Å². The predicted molar refractivity (Wildman–Crippen MR) is 164 cm³/mol. The second-order valence-corrected chi connectivity index (χ2v) is 11.6. The van der Waals surface area contributed by atoms with Crippen LogP contribution < -0.4 is 5.56 Å². The molecule has 0 spiro atoms. The lowest BCUT2D eigenvalue weighted by atomic mass is 9.83. The lowest BCUT2D eigenvalue weighted by molar-refractivity contribution is -0.157. The van der Waals surface area contributed by atoms with Crippen molar-refractivity contribution in [1.82, 2.24) is 19.2 Å². The fourth-order valence-electron chi connectivity index (χ4n) is 6.16. The fourth-order valence-corrected chi connectivity index (χ4v) is 6.16. The van der Waals surface area contributed by atoms with Gasteiger partial charge in [-0.05, 0) is 81.7 Å². The number of rotatable bonds is 10. The Kier molecular flexibility index (Phi) is 9.25. The molecule has 230 valence electrons. The normalized spacial score (nSPS) is 18.3. The standard InChI is InChI=1S/C34H38FN5O4/c1-5-9-30-28(18-24-13-12-23(19-29(24)35)27-11-8-7-10-25(27)20-36)32(42)39(33-37-22(3)38-40(30)33)26-14-16-34(4,17-15-26)44-21-31(41)43-6-2/h7-8,10-13,19,26H,5-6,9,14-18,21H2,1-4H3. The van der Waals surface area contributed by atoms with E-state index in [2.05, 4.69) is 16.2 Å². The van der Waals surface area contributed by atoms with Crippen molar-refractivity contribution in [2.45, 2.75) is 84.3 Å². The molecule has 0 amide bonds. The SMILES string of the molecule is CCCc1c(Cc2ccc(-c3ccccc3C#N)cc2F)c(=O)n(C2CCC(C)(OCC(=O)OCC)CC2)c2nc(C)nn12. The molecular formula is C34H38FN5O4. The van der Waals surface area contributed by atoms with Crippen molar-refractivity contribution < 1.29 is 18.7 Å². The van der Waals surface area contributed by atoms with Crippen LogP contribution >= 0.6 is 0 Å². The molecule has 2 aromatic heterocycles. The number of halogens is 1. The van der Waals surface area contributed by atoms with Crippen molar-refractivity contribution in [2.75, 3.05) is 13.2 Å². The van der Waals surface area contributed by atoms with Crippen LogP contribution in [0.3, 0.4) is 0 Å². The highest BCUT2D eigenvalue weighted by molar-refractivity contribution is 5.71. The van der Waals surface area contributed by atoms with Crippen molar-refractivity contribution in [1.29, 1.82) is 5.26 Å². The highest BCUT2D eigenvalue weighted by Crippen LogP contribution is 2.37. The van der Waals surface area contributed by atoms with Gasteiger partial charge in [0.2, 0.25) is 5.78 Å². The van der Waals surface area contributed by atoms with Crippen LogP contribution in [0.25, 0.3) is 16.9 Å². The lowest BCUT2D eigenvalue weighted by Gasteiger charge is -2.37. The number of fused-ring (bicyclic) bond motifs is 1. The number of nitriles is 1. The first-order valence-corrected chi connectivity index (χ1v) is 15.2. The molecule has 2 heterocycles. The Labute approximate surface area is 256 Å². The molecule has 0 N–H and O–H groups in total. The molecule has 0 atom stereocenters. The zero-order valence-corrected chi connectivity index (χ0v) is 25.7. The molecule has 1 aliphatic rings. The highest BCUT2D eigenvalue weighted by Gasteiger charge is 2.35. The highest BCUT2D eigenvalue weighted by atomic mass is 19.1. The molecule has 0 bridgehead atoms. The molecule has 4 aromatic rings. The summed E-state index contributed by atoms with van der Waals surface area (Å²) in [5.74, 6) is 0.214. The number of aromatic nitrogens is 4. The molecule has 1 aliphatic carbocycles. The van der Waals surface area contributed by atoms with Crippen molar-refractivity contribution in [3.8, 4) is 17.2 Å². The lowest BCUT2D eigenvalue weighted by Crippen LogP contribution is -2.40. The van der Waals surface area contributed by atoms with Gasteiger partial charge in [0.15, 0.2) is 0 Å². The maximum Gasteiger partial charge on any atom is 0.332 e.